The van der Waals surface area contributed by atoms with Gasteiger partial charge in [-0.25, -0.2) is 14.4 Å². The minimum Gasteiger partial charge on any atom is -0.366 e. The molecule has 2 rings (SSSR count). The summed E-state index contributed by atoms with van der Waals surface area (Å²) < 4.78 is 13.0. The fraction of sp³-hybridized carbons (Fsp3) is 0.286. The van der Waals surface area contributed by atoms with Crippen molar-refractivity contribution < 1.29 is 4.39 Å². The molecule has 0 aliphatic heterocycles. The van der Waals surface area contributed by atoms with Gasteiger partial charge in [-0.15, -0.1) is 0 Å². The molecule has 0 unspecified atom stereocenters. The minimum atomic E-state index is -0.408. The lowest BCUT2D eigenvalue weighted by molar-refractivity contribution is 0.627. The van der Waals surface area contributed by atoms with Crippen molar-refractivity contribution >= 4 is 17.4 Å². The molecule has 5 heteroatoms. The molecule has 0 bridgehead atoms. The van der Waals surface area contributed by atoms with E-state index in [0.717, 1.165) is 17.1 Å². The molecule has 19 heavy (non-hydrogen) atoms. The quantitative estimate of drug-likeness (QED) is 0.919. The van der Waals surface area contributed by atoms with Crippen LogP contribution in [0.2, 0.25) is 5.02 Å². The zero-order chi connectivity index (χ0) is 13.8. The Kier molecular flexibility index (Phi) is 4.32. The standard InChI is InChI=1S/C14H15ClFN3/c1-9(2)13-6-14(19-8-18-13)17-7-10-3-4-12(16)11(15)5-10/h3-6,8-9H,7H2,1-2H3,(H,17,18,19). The molecule has 0 aliphatic rings. The smallest absolute Gasteiger partial charge is 0.141 e. The fourth-order valence-corrected chi connectivity index (χ4v) is 1.83. The maximum atomic E-state index is 13.0. The summed E-state index contributed by atoms with van der Waals surface area (Å²) in [4.78, 5) is 8.35. The normalized spacial score (nSPS) is 10.8. The number of halogens is 2. The second-order valence-electron chi connectivity index (χ2n) is 4.58. The van der Waals surface area contributed by atoms with Gasteiger partial charge in [0.2, 0.25) is 0 Å². The summed E-state index contributed by atoms with van der Waals surface area (Å²) in [5.74, 6) is 0.692. The monoisotopic (exact) mass is 279 g/mol. The fourth-order valence-electron chi connectivity index (χ4n) is 1.63. The highest BCUT2D eigenvalue weighted by atomic mass is 35.5. The number of anilines is 1. The van der Waals surface area contributed by atoms with Gasteiger partial charge in [-0.3, -0.25) is 0 Å². The van der Waals surface area contributed by atoms with Gasteiger partial charge in [0.25, 0.3) is 0 Å². The van der Waals surface area contributed by atoms with Gasteiger partial charge in [0.05, 0.1) is 5.02 Å². The Hall–Kier alpha value is -1.68. The van der Waals surface area contributed by atoms with E-state index in [2.05, 4.69) is 29.1 Å². The van der Waals surface area contributed by atoms with Crippen LogP contribution in [0.25, 0.3) is 0 Å². The van der Waals surface area contributed by atoms with Crippen molar-refractivity contribution in [3.63, 3.8) is 0 Å². The Bertz CT molecular complexity index is 572. The first-order chi connectivity index (χ1) is 9.06. The molecule has 0 fully saturated rings. The van der Waals surface area contributed by atoms with Crippen molar-refractivity contribution in [3.05, 3.63) is 52.7 Å². The maximum absolute atomic E-state index is 13.0. The van der Waals surface area contributed by atoms with Gasteiger partial charge in [0, 0.05) is 18.3 Å². The molecule has 1 aromatic heterocycles. The van der Waals surface area contributed by atoms with E-state index in [1.54, 1.807) is 12.1 Å². The average Bonchev–Trinajstić information content (AvgIpc) is 2.40. The summed E-state index contributed by atoms with van der Waals surface area (Å²) in [6.07, 6.45) is 1.54. The van der Waals surface area contributed by atoms with Crippen LogP contribution in [-0.4, -0.2) is 9.97 Å². The second kappa shape index (κ2) is 5.97. The number of nitrogens with one attached hydrogen (secondary N) is 1. The van der Waals surface area contributed by atoms with E-state index in [-0.39, 0.29) is 5.02 Å². The first kappa shape index (κ1) is 13.7. The molecule has 1 aromatic carbocycles. The van der Waals surface area contributed by atoms with Gasteiger partial charge in [-0.2, -0.15) is 0 Å². The van der Waals surface area contributed by atoms with Crippen molar-refractivity contribution in [2.75, 3.05) is 5.32 Å². The van der Waals surface area contributed by atoms with Gasteiger partial charge < -0.3 is 5.32 Å². The van der Waals surface area contributed by atoms with Crippen LogP contribution in [0, 0.1) is 5.82 Å². The predicted molar refractivity (Wildman–Crippen MR) is 74.9 cm³/mol. The first-order valence-corrected chi connectivity index (χ1v) is 6.44. The molecule has 0 saturated heterocycles. The van der Waals surface area contributed by atoms with E-state index >= 15 is 0 Å². The topological polar surface area (TPSA) is 37.8 Å². The molecule has 100 valence electrons. The van der Waals surface area contributed by atoms with E-state index in [1.807, 2.05) is 6.07 Å². The minimum absolute atomic E-state index is 0.129. The lowest BCUT2D eigenvalue weighted by Crippen LogP contribution is -2.03. The van der Waals surface area contributed by atoms with Crippen LogP contribution in [0.1, 0.15) is 31.0 Å². The van der Waals surface area contributed by atoms with Crippen LogP contribution < -0.4 is 5.32 Å². The lowest BCUT2D eigenvalue weighted by atomic mass is 10.1. The van der Waals surface area contributed by atoms with Crippen molar-refractivity contribution in [2.24, 2.45) is 0 Å². The van der Waals surface area contributed by atoms with Crippen molar-refractivity contribution in [2.45, 2.75) is 26.3 Å². The third-order valence-corrected chi connectivity index (χ3v) is 3.03. The van der Waals surface area contributed by atoms with Gasteiger partial charge in [-0.05, 0) is 23.6 Å². The number of hydrogen-bond acceptors (Lipinski definition) is 3. The molecule has 0 atom stereocenters. The van der Waals surface area contributed by atoms with Gasteiger partial charge >= 0.3 is 0 Å². The summed E-state index contributed by atoms with van der Waals surface area (Å²) in [7, 11) is 0. The highest BCUT2D eigenvalue weighted by molar-refractivity contribution is 6.30. The predicted octanol–water partition coefficient (Wildman–Crippen LogP) is 4.00. The van der Waals surface area contributed by atoms with E-state index < -0.39 is 5.82 Å². The number of rotatable bonds is 4. The molecule has 0 amide bonds. The molecule has 0 radical (unpaired) electrons. The summed E-state index contributed by atoms with van der Waals surface area (Å²) in [6, 6.07) is 6.57. The third-order valence-electron chi connectivity index (χ3n) is 2.74. The Labute approximate surface area is 116 Å². The Morgan fingerprint density at radius 3 is 2.74 bits per heavy atom. The SMILES string of the molecule is CC(C)c1cc(NCc2ccc(F)c(Cl)c2)ncn1. The number of benzene rings is 1. The largest absolute Gasteiger partial charge is 0.366 e. The van der Waals surface area contributed by atoms with E-state index in [1.165, 1.54) is 12.4 Å². The van der Waals surface area contributed by atoms with Crippen LogP contribution in [-0.2, 0) is 6.54 Å². The molecule has 3 nitrogen and oxygen atoms in total. The summed E-state index contributed by atoms with van der Waals surface area (Å²) >= 11 is 5.73. The van der Waals surface area contributed by atoms with Crippen LogP contribution in [0.3, 0.4) is 0 Å². The highest BCUT2D eigenvalue weighted by Gasteiger charge is 2.04. The van der Waals surface area contributed by atoms with E-state index in [4.69, 9.17) is 11.6 Å². The van der Waals surface area contributed by atoms with Crippen molar-refractivity contribution in [1.82, 2.24) is 9.97 Å². The highest BCUT2D eigenvalue weighted by Crippen LogP contribution is 2.18. The summed E-state index contributed by atoms with van der Waals surface area (Å²) in [5.41, 5.74) is 1.88. The molecule has 1 N–H and O–H groups in total. The van der Waals surface area contributed by atoms with Gasteiger partial charge in [-0.1, -0.05) is 31.5 Å². The Morgan fingerprint density at radius 2 is 2.05 bits per heavy atom. The summed E-state index contributed by atoms with van der Waals surface area (Å²) in [5, 5.41) is 3.30. The molecule has 1 heterocycles. The third kappa shape index (κ3) is 3.64. The lowest BCUT2D eigenvalue weighted by Gasteiger charge is -2.09. The van der Waals surface area contributed by atoms with E-state index in [9.17, 15) is 4.39 Å². The van der Waals surface area contributed by atoms with Gasteiger partial charge in [0.15, 0.2) is 0 Å². The van der Waals surface area contributed by atoms with Crippen LogP contribution in [0.4, 0.5) is 10.2 Å². The number of aromatic nitrogens is 2. The van der Waals surface area contributed by atoms with Crippen LogP contribution >= 0.6 is 11.6 Å². The number of hydrogen-bond donors (Lipinski definition) is 1. The van der Waals surface area contributed by atoms with Crippen molar-refractivity contribution in [1.29, 1.82) is 0 Å². The molecule has 2 aromatic rings. The van der Waals surface area contributed by atoms with Gasteiger partial charge in [0.1, 0.15) is 18.0 Å². The zero-order valence-electron chi connectivity index (χ0n) is 10.8. The number of nitrogens with zero attached hydrogens (tertiary/aromatic N) is 2. The molecule has 0 aliphatic carbocycles. The molecule has 0 saturated carbocycles. The van der Waals surface area contributed by atoms with E-state index in [0.29, 0.717) is 12.5 Å². The summed E-state index contributed by atoms with van der Waals surface area (Å²) in [6.45, 7) is 4.69. The van der Waals surface area contributed by atoms with Crippen molar-refractivity contribution in [3.8, 4) is 0 Å². The average molecular weight is 280 g/mol. The first-order valence-electron chi connectivity index (χ1n) is 6.06. The molecular weight excluding hydrogens is 265 g/mol. The second-order valence-corrected chi connectivity index (χ2v) is 4.99. The maximum Gasteiger partial charge on any atom is 0.141 e. The van der Waals surface area contributed by atoms with Crippen LogP contribution in [0.5, 0.6) is 0 Å². The Balaban J connectivity index is 2.05. The van der Waals surface area contributed by atoms with Crippen LogP contribution in [0.15, 0.2) is 30.6 Å². The Morgan fingerprint density at radius 1 is 1.26 bits per heavy atom. The molecule has 0 spiro atoms. The zero-order valence-corrected chi connectivity index (χ0v) is 11.6. The molecular formula is C14H15ClFN3.